The third kappa shape index (κ3) is 5.01. The highest BCUT2D eigenvalue weighted by molar-refractivity contribution is 7.17. The summed E-state index contributed by atoms with van der Waals surface area (Å²) in [6.07, 6.45) is 2.18. The fraction of sp³-hybridized carbons (Fsp3) is 0.450. The minimum atomic E-state index is 0. The highest BCUT2D eigenvalue weighted by Gasteiger charge is 2.25. The number of thiophene rings is 1. The number of carbonyl (C=O) groups excluding carboxylic acids is 1. The number of rotatable bonds is 5. The van der Waals surface area contributed by atoms with E-state index in [1.807, 2.05) is 35.2 Å². The average Bonchev–Trinajstić information content (AvgIpc) is 3.01. The summed E-state index contributed by atoms with van der Waals surface area (Å²) in [5, 5.41) is 4.14. The summed E-state index contributed by atoms with van der Waals surface area (Å²) < 4.78 is 0. The summed E-state index contributed by atoms with van der Waals surface area (Å²) in [4.78, 5) is 16.9. The van der Waals surface area contributed by atoms with Gasteiger partial charge in [-0.25, -0.2) is 0 Å². The van der Waals surface area contributed by atoms with Crippen LogP contribution in [0.4, 0.5) is 0 Å². The Labute approximate surface area is 171 Å². The Bertz CT molecular complexity index is 739. The van der Waals surface area contributed by atoms with Gasteiger partial charge in [0, 0.05) is 23.0 Å². The molecule has 0 saturated carbocycles. The molecule has 1 N–H and O–H groups in total. The highest BCUT2D eigenvalue weighted by atomic mass is 35.5. The fourth-order valence-corrected chi connectivity index (χ4v) is 4.68. The van der Waals surface area contributed by atoms with Crippen LogP contribution in [0.1, 0.15) is 35.0 Å². The van der Waals surface area contributed by atoms with Crippen molar-refractivity contribution < 1.29 is 4.79 Å². The zero-order valence-corrected chi connectivity index (χ0v) is 17.6. The maximum absolute atomic E-state index is 12.9. The lowest BCUT2D eigenvalue weighted by molar-refractivity contribution is 0.0695. The Kier molecular flexibility index (Phi) is 7.96. The first-order chi connectivity index (χ1) is 12.1. The van der Waals surface area contributed by atoms with Crippen molar-refractivity contribution in [3.63, 3.8) is 0 Å². The molecule has 142 valence electrons. The summed E-state index contributed by atoms with van der Waals surface area (Å²) >= 11 is 7.69. The van der Waals surface area contributed by atoms with E-state index >= 15 is 0 Å². The molecule has 0 unspecified atom stereocenters. The molecule has 0 atom stereocenters. The van der Waals surface area contributed by atoms with Crippen LogP contribution >= 0.6 is 35.3 Å². The smallest absolute Gasteiger partial charge is 0.263 e. The Hall–Kier alpha value is -1.07. The van der Waals surface area contributed by atoms with E-state index < -0.39 is 0 Å². The molecular formula is C20H26Cl2N2OS. The van der Waals surface area contributed by atoms with Crippen molar-refractivity contribution in [3.8, 4) is 10.4 Å². The molecule has 2 heterocycles. The van der Waals surface area contributed by atoms with Crippen molar-refractivity contribution in [2.45, 2.75) is 26.7 Å². The lowest BCUT2D eigenvalue weighted by Crippen LogP contribution is -2.40. The van der Waals surface area contributed by atoms with Gasteiger partial charge < -0.3 is 10.2 Å². The normalized spacial score (nSPS) is 15.0. The number of nitrogens with zero attached hydrogens (tertiary/aromatic N) is 1. The van der Waals surface area contributed by atoms with Gasteiger partial charge in [0.15, 0.2) is 0 Å². The molecule has 1 amide bonds. The van der Waals surface area contributed by atoms with E-state index in [4.69, 9.17) is 11.6 Å². The fourth-order valence-electron chi connectivity index (χ4n) is 3.35. The van der Waals surface area contributed by atoms with Crippen LogP contribution in [0.2, 0.25) is 5.02 Å². The number of likely N-dealkylation sites (tertiary alicyclic amines) is 1. The SMILES string of the molecule is CCNCC1CCN(C(=O)c2cc(C)c(-c3cccc(Cl)c3)s2)CC1.Cl. The van der Waals surface area contributed by atoms with Crippen molar-refractivity contribution in [2.75, 3.05) is 26.2 Å². The summed E-state index contributed by atoms with van der Waals surface area (Å²) in [5.74, 6) is 0.861. The van der Waals surface area contributed by atoms with Gasteiger partial charge in [-0.2, -0.15) is 0 Å². The first-order valence-corrected chi connectivity index (χ1v) is 10.1. The first kappa shape index (κ1) is 21.2. The van der Waals surface area contributed by atoms with E-state index in [2.05, 4.69) is 19.2 Å². The Balaban J connectivity index is 0.00000243. The third-order valence-electron chi connectivity index (χ3n) is 4.80. The summed E-state index contributed by atoms with van der Waals surface area (Å²) in [5.41, 5.74) is 2.22. The molecule has 1 aromatic carbocycles. The zero-order chi connectivity index (χ0) is 17.8. The Morgan fingerprint density at radius 3 is 2.69 bits per heavy atom. The van der Waals surface area contributed by atoms with E-state index in [1.54, 1.807) is 11.3 Å². The molecule has 1 aliphatic rings. The van der Waals surface area contributed by atoms with E-state index in [0.29, 0.717) is 5.92 Å². The molecule has 1 aromatic heterocycles. The van der Waals surface area contributed by atoms with E-state index in [1.165, 1.54) is 0 Å². The number of piperidine rings is 1. The molecule has 6 heteroatoms. The summed E-state index contributed by atoms with van der Waals surface area (Å²) in [7, 11) is 0. The monoisotopic (exact) mass is 412 g/mol. The number of carbonyl (C=O) groups is 1. The molecule has 26 heavy (non-hydrogen) atoms. The van der Waals surface area contributed by atoms with E-state index in [9.17, 15) is 4.79 Å². The predicted molar refractivity (Wildman–Crippen MR) is 114 cm³/mol. The molecule has 2 aromatic rings. The third-order valence-corrected chi connectivity index (χ3v) is 6.31. The van der Waals surface area contributed by atoms with Gasteiger partial charge in [0.2, 0.25) is 0 Å². The molecule has 3 rings (SSSR count). The van der Waals surface area contributed by atoms with Crippen LogP contribution in [-0.2, 0) is 0 Å². The van der Waals surface area contributed by atoms with Gasteiger partial charge in [0.05, 0.1) is 4.88 Å². The van der Waals surface area contributed by atoms with Crippen LogP contribution in [0.5, 0.6) is 0 Å². The maximum Gasteiger partial charge on any atom is 0.263 e. The molecule has 1 aliphatic heterocycles. The van der Waals surface area contributed by atoms with Gasteiger partial charge in [-0.1, -0.05) is 30.7 Å². The first-order valence-electron chi connectivity index (χ1n) is 8.95. The number of amides is 1. The molecule has 0 radical (unpaired) electrons. The van der Waals surface area contributed by atoms with Gasteiger partial charge in [0.1, 0.15) is 0 Å². The lowest BCUT2D eigenvalue weighted by atomic mass is 9.96. The number of hydrogen-bond donors (Lipinski definition) is 1. The van der Waals surface area contributed by atoms with Crippen molar-refractivity contribution in [1.29, 1.82) is 0 Å². The second-order valence-electron chi connectivity index (χ2n) is 6.68. The summed E-state index contributed by atoms with van der Waals surface area (Å²) in [6.45, 7) is 7.99. The van der Waals surface area contributed by atoms with E-state index in [-0.39, 0.29) is 18.3 Å². The van der Waals surface area contributed by atoms with Crippen molar-refractivity contribution in [1.82, 2.24) is 10.2 Å². The number of aryl methyl sites for hydroxylation is 1. The van der Waals surface area contributed by atoms with Crippen LogP contribution in [0.25, 0.3) is 10.4 Å². The summed E-state index contributed by atoms with van der Waals surface area (Å²) in [6, 6.07) is 9.85. The van der Waals surface area contributed by atoms with Gasteiger partial charge in [-0.3, -0.25) is 4.79 Å². The Morgan fingerprint density at radius 2 is 2.04 bits per heavy atom. The number of halogens is 2. The average molecular weight is 413 g/mol. The topological polar surface area (TPSA) is 32.3 Å². The van der Waals surface area contributed by atoms with Crippen molar-refractivity contribution >= 4 is 41.3 Å². The van der Waals surface area contributed by atoms with Crippen LogP contribution in [0.15, 0.2) is 30.3 Å². The minimum Gasteiger partial charge on any atom is -0.338 e. The number of nitrogens with one attached hydrogen (secondary N) is 1. The Morgan fingerprint density at radius 1 is 1.31 bits per heavy atom. The lowest BCUT2D eigenvalue weighted by Gasteiger charge is -2.31. The molecular weight excluding hydrogens is 387 g/mol. The molecule has 1 fully saturated rings. The van der Waals surface area contributed by atoms with Crippen LogP contribution in [-0.4, -0.2) is 37.0 Å². The highest BCUT2D eigenvalue weighted by Crippen LogP contribution is 2.34. The number of hydrogen-bond acceptors (Lipinski definition) is 3. The van der Waals surface area contributed by atoms with Crippen LogP contribution in [0, 0.1) is 12.8 Å². The van der Waals surface area contributed by atoms with E-state index in [0.717, 1.165) is 64.9 Å². The second kappa shape index (κ2) is 9.75. The van der Waals surface area contributed by atoms with Gasteiger partial charge in [-0.05, 0) is 68.1 Å². The van der Waals surface area contributed by atoms with Gasteiger partial charge >= 0.3 is 0 Å². The molecule has 0 aliphatic carbocycles. The quantitative estimate of drug-likeness (QED) is 0.725. The van der Waals surface area contributed by atoms with Gasteiger partial charge in [-0.15, -0.1) is 23.7 Å². The molecule has 0 spiro atoms. The minimum absolute atomic E-state index is 0. The van der Waals surface area contributed by atoms with Gasteiger partial charge in [0.25, 0.3) is 5.91 Å². The van der Waals surface area contributed by atoms with Crippen LogP contribution < -0.4 is 5.32 Å². The second-order valence-corrected chi connectivity index (χ2v) is 8.17. The molecule has 0 bridgehead atoms. The zero-order valence-electron chi connectivity index (χ0n) is 15.3. The predicted octanol–water partition coefficient (Wildman–Crippen LogP) is 5.26. The largest absolute Gasteiger partial charge is 0.338 e. The molecule has 1 saturated heterocycles. The van der Waals surface area contributed by atoms with Crippen LogP contribution in [0.3, 0.4) is 0 Å². The maximum atomic E-state index is 12.9. The standard InChI is InChI=1S/C20H25ClN2OS.ClH/c1-3-22-13-15-7-9-23(10-8-15)20(24)18-11-14(2)19(25-18)16-5-4-6-17(21)12-16;/h4-6,11-12,15,22H,3,7-10,13H2,1-2H3;1H. The molecule has 3 nitrogen and oxygen atoms in total. The van der Waals surface area contributed by atoms with Crippen molar-refractivity contribution in [2.24, 2.45) is 5.92 Å². The number of benzene rings is 1. The van der Waals surface area contributed by atoms with Crippen molar-refractivity contribution in [3.05, 3.63) is 45.8 Å².